The Hall–Kier alpha value is -3.15. The Balaban J connectivity index is 1.37. The van der Waals surface area contributed by atoms with Gasteiger partial charge in [0.1, 0.15) is 17.2 Å². The minimum absolute atomic E-state index is 0.0221. The molecular weight excluding hydrogens is 450 g/mol. The van der Waals surface area contributed by atoms with Crippen LogP contribution in [0.4, 0.5) is 11.6 Å². The van der Waals surface area contributed by atoms with E-state index in [9.17, 15) is 15.0 Å². The van der Waals surface area contributed by atoms with Gasteiger partial charge < -0.3 is 35.8 Å². The first kappa shape index (κ1) is 23.6. The minimum Gasteiger partial charge on any atom is -0.393 e. The molecule has 35 heavy (non-hydrogen) atoms. The number of anilines is 2. The van der Waals surface area contributed by atoms with Crippen LogP contribution < -0.4 is 16.0 Å². The summed E-state index contributed by atoms with van der Waals surface area (Å²) >= 11 is 0. The van der Waals surface area contributed by atoms with Crippen LogP contribution in [0.25, 0.3) is 5.65 Å². The normalized spacial score (nSPS) is 28.4. The maximum Gasteiger partial charge on any atom is 0.257 e. The number of fused-ring (bicyclic) bond motifs is 1. The van der Waals surface area contributed by atoms with E-state index in [0.717, 1.165) is 32.1 Å². The highest BCUT2D eigenvalue weighted by Gasteiger charge is 2.33. The summed E-state index contributed by atoms with van der Waals surface area (Å²) in [5.41, 5.74) is 1.33. The van der Waals surface area contributed by atoms with E-state index in [0.29, 0.717) is 35.0 Å². The molecule has 11 nitrogen and oxygen atoms in total. The highest BCUT2D eigenvalue weighted by Crippen LogP contribution is 2.29. The number of hydrogen-bond donors (Lipinski definition) is 5. The summed E-state index contributed by atoms with van der Waals surface area (Å²) < 4.78 is 6.97. The van der Waals surface area contributed by atoms with Gasteiger partial charge in [0.25, 0.3) is 5.91 Å². The van der Waals surface area contributed by atoms with E-state index in [1.54, 1.807) is 30.8 Å². The summed E-state index contributed by atoms with van der Waals surface area (Å²) in [6, 6.07) is 1.81. The molecule has 2 aromatic rings. The number of nitrogens with zero attached hydrogens (tertiary/aromatic N) is 4. The van der Waals surface area contributed by atoms with Crippen molar-refractivity contribution >= 4 is 23.2 Å². The Bertz CT molecular complexity index is 1140. The van der Waals surface area contributed by atoms with Gasteiger partial charge >= 0.3 is 0 Å². The van der Waals surface area contributed by atoms with Crippen molar-refractivity contribution in [2.24, 2.45) is 0 Å². The van der Waals surface area contributed by atoms with Gasteiger partial charge in [-0.05, 0) is 50.7 Å². The van der Waals surface area contributed by atoms with E-state index < -0.39 is 6.23 Å². The summed E-state index contributed by atoms with van der Waals surface area (Å²) in [6.07, 6.45) is 10.9. The lowest BCUT2D eigenvalue weighted by Gasteiger charge is -2.40. The van der Waals surface area contributed by atoms with Crippen LogP contribution in [-0.4, -0.2) is 80.3 Å². The van der Waals surface area contributed by atoms with Gasteiger partial charge in [0.05, 0.1) is 30.1 Å². The lowest BCUT2D eigenvalue weighted by molar-refractivity contribution is 0.000928. The Kier molecular flexibility index (Phi) is 6.63. The van der Waals surface area contributed by atoms with E-state index in [2.05, 4.69) is 26.0 Å². The van der Waals surface area contributed by atoms with Gasteiger partial charge in [-0.2, -0.15) is 9.61 Å². The molecule has 2 saturated carbocycles. The molecule has 1 amide bonds. The summed E-state index contributed by atoms with van der Waals surface area (Å²) in [5, 5.41) is 34.8. The maximum atomic E-state index is 13.0. The fourth-order valence-corrected chi connectivity index (χ4v) is 5.09. The Morgan fingerprint density at radius 1 is 1.23 bits per heavy atom. The average Bonchev–Trinajstić information content (AvgIpc) is 3.27. The first-order chi connectivity index (χ1) is 17.0. The fourth-order valence-electron chi connectivity index (χ4n) is 5.09. The summed E-state index contributed by atoms with van der Waals surface area (Å²) in [6.45, 7) is 0. The summed E-state index contributed by atoms with van der Waals surface area (Å²) in [7, 11) is 3.42. The minimum atomic E-state index is -0.899. The smallest absolute Gasteiger partial charge is 0.257 e. The molecule has 5 rings (SSSR count). The largest absolute Gasteiger partial charge is 0.393 e. The molecule has 3 heterocycles. The van der Waals surface area contributed by atoms with Crippen molar-refractivity contribution in [2.45, 2.75) is 69.0 Å². The second kappa shape index (κ2) is 9.84. The lowest BCUT2D eigenvalue weighted by Crippen LogP contribution is -2.51. The number of aromatic nitrogens is 3. The number of ether oxygens (including phenoxy) is 1. The Labute approximate surface area is 203 Å². The highest BCUT2D eigenvalue weighted by molar-refractivity contribution is 6.00. The number of nitrogens with one attached hydrogen (secondary N) is 3. The molecule has 0 aromatic carbocycles. The predicted octanol–water partition coefficient (Wildman–Crippen LogP) is 1.43. The number of hydrogen-bond acceptors (Lipinski definition) is 9. The quantitative estimate of drug-likeness (QED) is 0.396. The number of rotatable bonds is 7. The van der Waals surface area contributed by atoms with Gasteiger partial charge in [0, 0.05) is 32.5 Å². The summed E-state index contributed by atoms with van der Waals surface area (Å²) in [5.74, 6) is 0.864. The number of methoxy groups -OCH3 is 1. The van der Waals surface area contributed by atoms with E-state index in [4.69, 9.17) is 4.74 Å². The predicted molar refractivity (Wildman–Crippen MR) is 131 cm³/mol. The van der Waals surface area contributed by atoms with Crippen molar-refractivity contribution in [1.29, 1.82) is 0 Å². The molecule has 1 aliphatic heterocycles. The van der Waals surface area contributed by atoms with E-state index >= 15 is 0 Å². The Morgan fingerprint density at radius 2 is 2.09 bits per heavy atom. The zero-order valence-electron chi connectivity index (χ0n) is 20.0. The molecule has 5 atom stereocenters. The molecule has 2 fully saturated rings. The lowest BCUT2D eigenvalue weighted by atomic mass is 9.89. The van der Waals surface area contributed by atoms with Gasteiger partial charge in [-0.3, -0.25) is 4.79 Å². The molecule has 188 valence electrons. The third-order valence-electron chi connectivity index (χ3n) is 7.21. The number of allylic oxidation sites excluding steroid dienone is 2. The van der Waals surface area contributed by atoms with Crippen molar-refractivity contribution < 1.29 is 19.7 Å². The van der Waals surface area contributed by atoms with Gasteiger partial charge in [0.2, 0.25) is 0 Å². The van der Waals surface area contributed by atoms with Crippen LogP contribution in [0.3, 0.4) is 0 Å². The molecule has 5 N–H and O–H groups in total. The van der Waals surface area contributed by atoms with Crippen molar-refractivity contribution in [3.63, 3.8) is 0 Å². The molecule has 2 aliphatic carbocycles. The van der Waals surface area contributed by atoms with Crippen molar-refractivity contribution in [1.82, 2.24) is 24.8 Å². The molecule has 0 saturated heterocycles. The van der Waals surface area contributed by atoms with Crippen LogP contribution in [0, 0.1) is 0 Å². The molecule has 3 aliphatic rings. The molecular formula is C24H33N7O4. The number of amides is 1. The van der Waals surface area contributed by atoms with Crippen molar-refractivity contribution in [3.05, 3.63) is 41.9 Å². The number of aliphatic hydroxyl groups excluding tert-OH is 2. The SMILES string of the molecule is CNc1cc(NC2=CC=CN([C@H]3CCC[C@H](O)C3)C2O)nc2c(C(=O)N[C@H]3CC[C@@H]3OC)cnn12. The van der Waals surface area contributed by atoms with Crippen molar-refractivity contribution in [3.8, 4) is 0 Å². The fraction of sp³-hybridized carbons (Fsp3) is 0.542. The second-order valence-corrected chi connectivity index (χ2v) is 9.39. The van der Waals surface area contributed by atoms with Crippen LogP contribution in [0.15, 0.2) is 36.3 Å². The highest BCUT2D eigenvalue weighted by atomic mass is 16.5. The zero-order chi connectivity index (χ0) is 24.5. The van der Waals surface area contributed by atoms with Crippen LogP contribution in [-0.2, 0) is 4.74 Å². The molecule has 1 unspecified atom stereocenters. The second-order valence-electron chi connectivity index (χ2n) is 9.39. The van der Waals surface area contributed by atoms with Crippen LogP contribution in [0.2, 0.25) is 0 Å². The molecule has 2 aromatic heterocycles. The van der Waals surface area contributed by atoms with Crippen LogP contribution in [0.5, 0.6) is 0 Å². The monoisotopic (exact) mass is 483 g/mol. The number of carbonyl (C=O) groups is 1. The van der Waals surface area contributed by atoms with E-state index in [-0.39, 0.29) is 30.2 Å². The van der Waals surface area contributed by atoms with Gasteiger partial charge in [-0.1, -0.05) is 0 Å². The van der Waals surface area contributed by atoms with E-state index in [1.165, 1.54) is 6.20 Å². The van der Waals surface area contributed by atoms with E-state index in [1.807, 2.05) is 17.2 Å². The molecule has 0 spiro atoms. The standard InChI is InChI=1S/C24H33N7O4/c1-25-21-12-20(27-18-7-4-10-30(24(18)34)14-5-3-6-15(32)11-14)29-22-16(13-26-31(21)22)23(33)28-17-8-9-19(17)35-2/h4,7,10,12-15,17,19,24-25,32,34H,3,5-6,8-9,11H2,1-2H3,(H,27,29)(H,28,33)/t14-,15-,17-,19-,24?/m0/s1. The van der Waals surface area contributed by atoms with Crippen LogP contribution >= 0.6 is 0 Å². The topological polar surface area (TPSA) is 136 Å². The molecule has 0 bridgehead atoms. The molecule has 0 radical (unpaired) electrons. The van der Waals surface area contributed by atoms with Gasteiger partial charge in [0.15, 0.2) is 11.9 Å². The van der Waals surface area contributed by atoms with Crippen molar-refractivity contribution in [2.75, 3.05) is 24.8 Å². The first-order valence-electron chi connectivity index (χ1n) is 12.2. The third kappa shape index (κ3) is 4.58. The number of aliphatic hydroxyl groups is 2. The maximum absolute atomic E-state index is 13.0. The van der Waals surface area contributed by atoms with Gasteiger partial charge in [-0.25, -0.2) is 4.98 Å². The van der Waals surface area contributed by atoms with Gasteiger partial charge in [-0.15, -0.1) is 0 Å². The Morgan fingerprint density at radius 3 is 2.80 bits per heavy atom. The third-order valence-corrected chi connectivity index (χ3v) is 7.21. The average molecular weight is 484 g/mol. The first-order valence-corrected chi connectivity index (χ1v) is 12.2. The van der Waals surface area contributed by atoms with Crippen LogP contribution in [0.1, 0.15) is 48.9 Å². The summed E-state index contributed by atoms with van der Waals surface area (Å²) in [4.78, 5) is 19.5. The number of carbonyl (C=O) groups excluding carboxylic acids is 1. The molecule has 11 heteroatoms. The zero-order valence-corrected chi connectivity index (χ0v) is 20.0.